The topological polar surface area (TPSA) is 148 Å². The fourth-order valence-corrected chi connectivity index (χ4v) is 5.01. The fourth-order valence-electron chi connectivity index (χ4n) is 3.72. The van der Waals surface area contributed by atoms with Crippen molar-refractivity contribution in [1.29, 1.82) is 0 Å². The van der Waals surface area contributed by atoms with Gasteiger partial charge in [-0.1, -0.05) is 19.3 Å². The van der Waals surface area contributed by atoms with Crippen LogP contribution in [-0.4, -0.2) is 74.9 Å². The summed E-state index contributed by atoms with van der Waals surface area (Å²) in [5, 5.41) is 31.8. The number of hydrogen-bond donors (Lipinski definition) is 5. The molecule has 12 heteroatoms. The lowest BCUT2D eigenvalue weighted by Crippen LogP contribution is -2.57. The van der Waals surface area contributed by atoms with Crippen molar-refractivity contribution >= 4 is 28.7 Å². The first-order chi connectivity index (χ1) is 14.6. The van der Waals surface area contributed by atoms with Gasteiger partial charge in [-0.2, -0.15) is 4.72 Å². The lowest BCUT2D eigenvalue weighted by molar-refractivity contribution is -0.125. The van der Waals surface area contributed by atoms with Gasteiger partial charge in [0.15, 0.2) is 0 Å². The van der Waals surface area contributed by atoms with Gasteiger partial charge in [0.2, 0.25) is 15.9 Å². The monoisotopic (exact) mass is 455 g/mol. The second kappa shape index (κ2) is 9.74. The van der Waals surface area contributed by atoms with Crippen LogP contribution in [0.2, 0.25) is 0 Å². The molecular weight excluding hydrogens is 425 g/mol. The third kappa shape index (κ3) is 5.69. The summed E-state index contributed by atoms with van der Waals surface area (Å²) in [6.07, 6.45) is 1.98. The van der Waals surface area contributed by atoms with Crippen LogP contribution >= 0.6 is 0 Å². The maximum absolute atomic E-state index is 12.9. The number of likely N-dealkylation sites (N-methyl/N-ethyl adjacent to an activating group) is 1. The molecule has 0 radical (unpaired) electrons. The van der Waals surface area contributed by atoms with Crippen LogP contribution in [0.5, 0.6) is 5.75 Å². The number of carbonyl (C=O) groups excluding carboxylic acids is 1. The minimum Gasteiger partial charge on any atom is -0.490 e. The summed E-state index contributed by atoms with van der Waals surface area (Å²) in [5.41, 5.74) is 0.608. The number of aliphatic hydroxyl groups excluding tert-OH is 1. The number of amides is 1. The Morgan fingerprint density at radius 3 is 2.65 bits per heavy atom. The van der Waals surface area contributed by atoms with Crippen LogP contribution < -0.4 is 19.7 Å². The quantitative estimate of drug-likeness (QED) is 0.305. The summed E-state index contributed by atoms with van der Waals surface area (Å²) in [6.45, 7) is 2.39. The van der Waals surface area contributed by atoms with E-state index >= 15 is 0 Å². The van der Waals surface area contributed by atoms with E-state index in [0.29, 0.717) is 31.0 Å². The molecular formula is C19H30BN3O7S. The van der Waals surface area contributed by atoms with Gasteiger partial charge < -0.3 is 30.1 Å². The van der Waals surface area contributed by atoms with Crippen LogP contribution in [0.1, 0.15) is 32.6 Å². The standard InChI is InChI=1S/C19H30BN3O7S/c1-12(24)18(19(25)21-17(20(26)27)10-13-4-3-5-13)22-31(28,29)14-6-7-16-15(11-14)23(2)8-9-30-16/h6-7,11-13,17-18,22,24,26-27H,3-5,8-10H2,1-2H3,(H,21,25)/t12?,17-,18-/m0/s1. The number of ether oxygens (including phenoxy) is 1. The minimum atomic E-state index is -4.16. The highest BCUT2D eigenvalue weighted by molar-refractivity contribution is 7.89. The molecule has 1 saturated carbocycles. The molecule has 5 N–H and O–H groups in total. The van der Waals surface area contributed by atoms with Crippen molar-refractivity contribution in [3.63, 3.8) is 0 Å². The second-order valence-corrected chi connectivity index (χ2v) is 10.0. The second-order valence-electron chi connectivity index (χ2n) is 8.30. The summed E-state index contributed by atoms with van der Waals surface area (Å²) in [5.74, 6) is -0.927. The fraction of sp³-hybridized carbons (Fsp3) is 0.632. The van der Waals surface area contributed by atoms with Crippen molar-refractivity contribution in [1.82, 2.24) is 10.0 Å². The van der Waals surface area contributed by atoms with Gasteiger partial charge in [0.1, 0.15) is 18.4 Å². The molecule has 0 bridgehead atoms. The Kier molecular flexibility index (Phi) is 7.48. The van der Waals surface area contributed by atoms with Crippen LogP contribution in [0.3, 0.4) is 0 Å². The number of rotatable bonds is 9. The molecule has 1 unspecified atom stereocenters. The molecule has 3 atom stereocenters. The molecule has 1 aromatic carbocycles. The number of hydrogen-bond acceptors (Lipinski definition) is 8. The number of anilines is 1. The van der Waals surface area contributed by atoms with E-state index in [0.717, 1.165) is 19.3 Å². The third-order valence-corrected chi connectivity index (χ3v) is 7.32. The van der Waals surface area contributed by atoms with Gasteiger partial charge in [0.25, 0.3) is 0 Å². The smallest absolute Gasteiger partial charge is 0.475 e. The Bertz CT molecular complexity index is 892. The number of benzene rings is 1. The molecule has 1 aromatic rings. The van der Waals surface area contributed by atoms with Gasteiger partial charge in [-0.25, -0.2) is 8.42 Å². The van der Waals surface area contributed by atoms with Crippen molar-refractivity contribution in [3.05, 3.63) is 18.2 Å². The highest BCUT2D eigenvalue weighted by Gasteiger charge is 2.35. The Labute approximate surface area is 182 Å². The Morgan fingerprint density at radius 2 is 2.06 bits per heavy atom. The third-order valence-electron chi connectivity index (χ3n) is 5.88. The molecule has 1 aliphatic heterocycles. The number of nitrogens with one attached hydrogen (secondary N) is 2. The molecule has 0 saturated heterocycles. The number of aliphatic hydroxyl groups is 1. The van der Waals surface area contributed by atoms with E-state index < -0.39 is 41.1 Å². The van der Waals surface area contributed by atoms with E-state index in [1.54, 1.807) is 6.07 Å². The Hall–Kier alpha value is -1.86. The number of fused-ring (bicyclic) bond motifs is 1. The molecule has 172 valence electrons. The van der Waals surface area contributed by atoms with E-state index in [-0.39, 0.29) is 10.8 Å². The average molecular weight is 455 g/mol. The summed E-state index contributed by atoms with van der Waals surface area (Å²) < 4.78 is 33.6. The minimum absolute atomic E-state index is 0.0738. The van der Waals surface area contributed by atoms with E-state index in [4.69, 9.17) is 4.74 Å². The molecule has 2 aliphatic rings. The molecule has 1 heterocycles. The van der Waals surface area contributed by atoms with Gasteiger partial charge >= 0.3 is 7.12 Å². The molecule has 0 aromatic heterocycles. The largest absolute Gasteiger partial charge is 0.490 e. The maximum Gasteiger partial charge on any atom is 0.475 e. The van der Waals surface area contributed by atoms with Crippen molar-refractivity contribution in [2.75, 3.05) is 25.1 Å². The maximum atomic E-state index is 12.9. The Morgan fingerprint density at radius 1 is 1.35 bits per heavy atom. The van der Waals surface area contributed by atoms with Crippen molar-refractivity contribution < 1.29 is 33.1 Å². The normalized spacial score (nSPS) is 19.5. The molecule has 1 amide bonds. The highest BCUT2D eigenvalue weighted by atomic mass is 32.2. The van der Waals surface area contributed by atoms with Gasteiger partial charge in [0.05, 0.1) is 29.2 Å². The number of sulfonamides is 1. The summed E-state index contributed by atoms with van der Waals surface area (Å²) in [4.78, 5) is 14.5. The first-order valence-corrected chi connectivity index (χ1v) is 11.9. The molecule has 1 aliphatic carbocycles. The predicted molar refractivity (Wildman–Crippen MR) is 115 cm³/mol. The van der Waals surface area contributed by atoms with Crippen LogP contribution in [0, 0.1) is 5.92 Å². The van der Waals surface area contributed by atoms with Crippen LogP contribution in [0.15, 0.2) is 23.1 Å². The van der Waals surface area contributed by atoms with E-state index in [1.807, 2.05) is 11.9 Å². The van der Waals surface area contributed by atoms with Crippen molar-refractivity contribution in [3.8, 4) is 5.75 Å². The van der Waals surface area contributed by atoms with Gasteiger partial charge in [-0.15, -0.1) is 0 Å². The zero-order chi connectivity index (χ0) is 22.8. The molecule has 31 heavy (non-hydrogen) atoms. The molecule has 1 fully saturated rings. The van der Waals surface area contributed by atoms with Crippen molar-refractivity contribution in [2.45, 2.75) is 55.6 Å². The Balaban J connectivity index is 1.75. The van der Waals surface area contributed by atoms with Gasteiger partial charge in [0, 0.05) is 7.05 Å². The van der Waals surface area contributed by atoms with E-state index in [1.165, 1.54) is 19.1 Å². The van der Waals surface area contributed by atoms with Gasteiger partial charge in [-0.05, 0) is 37.5 Å². The van der Waals surface area contributed by atoms with Crippen molar-refractivity contribution in [2.24, 2.45) is 5.92 Å². The van der Waals surface area contributed by atoms with Crippen LogP contribution in [-0.2, 0) is 14.8 Å². The summed E-state index contributed by atoms with van der Waals surface area (Å²) in [6, 6.07) is 2.87. The molecule has 10 nitrogen and oxygen atoms in total. The lowest BCUT2D eigenvalue weighted by Gasteiger charge is -2.31. The number of nitrogens with zero attached hydrogens (tertiary/aromatic N) is 1. The van der Waals surface area contributed by atoms with Crippen LogP contribution in [0.4, 0.5) is 5.69 Å². The predicted octanol–water partition coefficient (Wildman–Crippen LogP) is -0.770. The molecule has 3 rings (SSSR count). The van der Waals surface area contributed by atoms with Gasteiger partial charge in [-0.3, -0.25) is 4.79 Å². The zero-order valence-corrected chi connectivity index (χ0v) is 18.5. The van der Waals surface area contributed by atoms with E-state index in [2.05, 4.69) is 10.0 Å². The molecule has 0 spiro atoms. The first kappa shape index (κ1) is 23.8. The summed E-state index contributed by atoms with van der Waals surface area (Å²) >= 11 is 0. The highest BCUT2D eigenvalue weighted by Crippen LogP contribution is 2.33. The van der Waals surface area contributed by atoms with E-state index in [9.17, 15) is 28.4 Å². The SMILES string of the molecule is CC(O)[C@H](NS(=O)(=O)c1ccc2c(c1)N(C)CCO2)C(=O)N[C@@H](CC1CCC1)B(O)O. The lowest BCUT2D eigenvalue weighted by atomic mass is 9.69. The van der Waals surface area contributed by atoms with Crippen LogP contribution in [0.25, 0.3) is 0 Å². The first-order valence-electron chi connectivity index (χ1n) is 10.4. The summed E-state index contributed by atoms with van der Waals surface area (Å²) in [7, 11) is -4.12. The zero-order valence-electron chi connectivity index (χ0n) is 17.7. The number of carbonyl (C=O) groups is 1. The average Bonchev–Trinajstić information content (AvgIpc) is 2.67.